The van der Waals surface area contributed by atoms with Crippen LogP contribution in [0.25, 0.3) is 0 Å². The minimum atomic E-state index is -3.78. The summed E-state index contributed by atoms with van der Waals surface area (Å²) in [5.74, 6) is -4.13. The van der Waals surface area contributed by atoms with E-state index < -0.39 is 36.7 Å². The van der Waals surface area contributed by atoms with E-state index in [1.165, 1.54) is 51.0 Å². The van der Waals surface area contributed by atoms with Crippen LogP contribution in [0.3, 0.4) is 0 Å². The molecule has 0 spiro atoms. The van der Waals surface area contributed by atoms with Crippen molar-refractivity contribution in [3.8, 4) is 0 Å². The van der Waals surface area contributed by atoms with E-state index in [2.05, 4.69) is 29.4 Å². The number of aliphatic hydroxyl groups is 2. The standard InChI is InChI=1S/C27H43F2N3O5/c1-2-3-4-5-6-7-8-9-10-11-12-13-14-15-16-17-23(34)30-22-18-19-32(26(36)31-22)25-27(28,29)24(35)21(20-33)37-25/h9-10,18-19,21,24-25,33,35H,2-8,11-17,20H2,1H3,(H,30,31,34,36)/t21-,24-,25-/m1/s1. The van der Waals surface area contributed by atoms with E-state index in [0.29, 0.717) is 11.0 Å². The van der Waals surface area contributed by atoms with Gasteiger partial charge in [0.2, 0.25) is 12.1 Å². The number of aromatic nitrogens is 2. The van der Waals surface area contributed by atoms with Crippen LogP contribution >= 0.6 is 0 Å². The van der Waals surface area contributed by atoms with Gasteiger partial charge in [-0.25, -0.2) is 4.79 Å². The molecule has 0 radical (unpaired) electrons. The quantitative estimate of drug-likeness (QED) is 0.181. The van der Waals surface area contributed by atoms with E-state index >= 15 is 0 Å². The van der Waals surface area contributed by atoms with Gasteiger partial charge in [0.05, 0.1) is 6.61 Å². The molecule has 0 saturated carbocycles. The molecule has 0 aliphatic carbocycles. The first-order chi connectivity index (χ1) is 17.8. The highest BCUT2D eigenvalue weighted by Crippen LogP contribution is 2.41. The first-order valence-electron chi connectivity index (χ1n) is 13.7. The number of aliphatic hydroxyl groups excluding tert-OH is 2. The van der Waals surface area contributed by atoms with Gasteiger partial charge >= 0.3 is 11.6 Å². The number of carbonyl (C=O) groups is 1. The summed E-state index contributed by atoms with van der Waals surface area (Å²) >= 11 is 0. The summed E-state index contributed by atoms with van der Waals surface area (Å²) in [4.78, 5) is 28.0. The lowest BCUT2D eigenvalue weighted by Gasteiger charge is -2.21. The van der Waals surface area contributed by atoms with Crippen molar-refractivity contribution in [1.29, 1.82) is 0 Å². The van der Waals surface area contributed by atoms with Crippen molar-refractivity contribution in [2.24, 2.45) is 0 Å². The van der Waals surface area contributed by atoms with Crippen molar-refractivity contribution in [2.45, 2.75) is 121 Å². The number of halogens is 2. The molecule has 2 rings (SSSR count). The van der Waals surface area contributed by atoms with Gasteiger partial charge in [0.1, 0.15) is 11.9 Å². The summed E-state index contributed by atoms with van der Waals surface area (Å²) < 4.78 is 34.0. The summed E-state index contributed by atoms with van der Waals surface area (Å²) in [5.41, 5.74) is -1.06. The molecule has 0 aromatic carbocycles. The van der Waals surface area contributed by atoms with Crippen LogP contribution in [0.4, 0.5) is 14.6 Å². The fraction of sp³-hybridized carbons (Fsp3) is 0.741. The van der Waals surface area contributed by atoms with Gasteiger partial charge in [-0.05, 0) is 38.2 Å². The molecule has 1 aromatic rings. The average molecular weight is 528 g/mol. The molecule has 37 heavy (non-hydrogen) atoms. The Bertz CT molecular complexity index is 893. The SMILES string of the molecule is CCCCCCCCC=CCCCCCCCC(=O)Nc1ccn([C@@H]2O[C@H](CO)[C@@H](O)C2(F)F)c(=O)n1. The van der Waals surface area contributed by atoms with Crippen LogP contribution in [0.15, 0.2) is 29.2 Å². The molecule has 3 atom stereocenters. The van der Waals surface area contributed by atoms with Crippen molar-refractivity contribution >= 4 is 11.7 Å². The van der Waals surface area contributed by atoms with E-state index in [1.807, 2.05) is 0 Å². The molecule has 1 amide bonds. The smallest absolute Gasteiger partial charge is 0.351 e. The van der Waals surface area contributed by atoms with E-state index in [4.69, 9.17) is 9.84 Å². The molecule has 1 aromatic heterocycles. The Morgan fingerprint density at radius 2 is 1.68 bits per heavy atom. The zero-order valence-corrected chi connectivity index (χ0v) is 21.9. The first-order valence-corrected chi connectivity index (χ1v) is 13.7. The zero-order chi connectivity index (χ0) is 27.1. The van der Waals surface area contributed by atoms with E-state index in [9.17, 15) is 23.5 Å². The van der Waals surface area contributed by atoms with Crippen molar-refractivity contribution in [1.82, 2.24) is 9.55 Å². The molecule has 1 aliphatic heterocycles. The highest BCUT2D eigenvalue weighted by atomic mass is 19.3. The lowest BCUT2D eigenvalue weighted by atomic mass is 10.1. The summed E-state index contributed by atoms with van der Waals surface area (Å²) in [6.07, 6.45) is 15.1. The topological polar surface area (TPSA) is 114 Å². The van der Waals surface area contributed by atoms with Gasteiger partial charge in [-0.3, -0.25) is 9.36 Å². The molecular weight excluding hydrogens is 484 g/mol. The second-order valence-corrected chi connectivity index (χ2v) is 9.71. The minimum absolute atomic E-state index is 0.0421. The van der Waals surface area contributed by atoms with Gasteiger partial charge in [0, 0.05) is 12.6 Å². The van der Waals surface area contributed by atoms with Gasteiger partial charge < -0.3 is 20.3 Å². The maximum absolute atomic E-state index is 14.2. The summed E-state index contributed by atoms with van der Waals surface area (Å²) in [5, 5.41) is 21.2. The number of nitrogens with one attached hydrogen (secondary N) is 1. The first kappa shape index (κ1) is 31.1. The van der Waals surface area contributed by atoms with Gasteiger partial charge in [0.15, 0.2) is 6.10 Å². The van der Waals surface area contributed by atoms with E-state index in [0.717, 1.165) is 38.3 Å². The average Bonchev–Trinajstić information content (AvgIpc) is 3.09. The molecule has 210 valence electrons. The van der Waals surface area contributed by atoms with Crippen molar-refractivity contribution in [3.63, 3.8) is 0 Å². The van der Waals surface area contributed by atoms with Crippen molar-refractivity contribution in [3.05, 3.63) is 34.9 Å². The highest BCUT2D eigenvalue weighted by Gasteiger charge is 2.59. The van der Waals surface area contributed by atoms with Crippen LogP contribution in [0.1, 0.15) is 103 Å². The van der Waals surface area contributed by atoms with E-state index in [1.54, 1.807) is 0 Å². The van der Waals surface area contributed by atoms with Crippen molar-refractivity contribution < 1.29 is 28.5 Å². The Morgan fingerprint density at radius 1 is 1.08 bits per heavy atom. The summed E-state index contributed by atoms with van der Waals surface area (Å²) in [6.45, 7) is 1.41. The molecule has 2 heterocycles. The molecule has 0 unspecified atom stereocenters. The predicted molar refractivity (Wildman–Crippen MR) is 139 cm³/mol. The number of rotatable bonds is 18. The number of nitrogens with zero attached hydrogens (tertiary/aromatic N) is 2. The largest absolute Gasteiger partial charge is 0.394 e. The molecule has 10 heteroatoms. The third-order valence-electron chi connectivity index (χ3n) is 6.58. The number of allylic oxidation sites excluding steroid dienone is 2. The van der Waals surface area contributed by atoms with Gasteiger partial charge in [-0.15, -0.1) is 0 Å². The fourth-order valence-corrected chi connectivity index (χ4v) is 4.34. The molecule has 1 aliphatic rings. The Balaban J connectivity index is 1.59. The number of hydrogen-bond acceptors (Lipinski definition) is 6. The number of hydrogen-bond donors (Lipinski definition) is 3. The third-order valence-corrected chi connectivity index (χ3v) is 6.58. The van der Waals surface area contributed by atoms with Crippen LogP contribution in [-0.4, -0.2) is 50.4 Å². The Labute approximate surface area is 218 Å². The van der Waals surface area contributed by atoms with Crippen molar-refractivity contribution in [2.75, 3.05) is 11.9 Å². The maximum atomic E-state index is 14.2. The molecule has 1 saturated heterocycles. The highest BCUT2D eigenvalue weighted by molar-refractivity contribution is 5.89. The van der Waals surface area contributed by atoms with Gasteiger partial charge in [-0.1, -0.05) is 70.4 Å². The zero-order valence-electron chi connectivity index (χ0n) is 21.9. The molecule has 1 fully saturated rings. The van der Waals surface area contributed by atoms with Crippen LogP contribution in [-0.2, 0) is 9.53 Å². The lowest BCUT2D eigenvalue weighted by Crippen LogP contribution is -2.41. The monoisotopic (exact) mass is 527 g/mol. The molecule has 8 nitrogen and oxygen atoms in total. The Morgan fingerprint density at radius 3 is 2.24 bits per heavy atom. The normalized spacial score (nSPS) is 21.1. The fourth-order valence-electron chi connectivity index (χ4n) is 4.34. The summed E-state index contributed by atoms with van der Waals surface area (Å²) in [7, 11) is 0. The van der Waals surface area contributed by atoms with E-state index in [-0.39, 0.29) is 18.1 Å². The predicted octanol–water partition coefficient (Wildman–Crippen LogP) is 5.11. The molecule has 3 N–H and O–H groups in total. The second-order valence-electron chi connectivity index (χ2n) is 9.71. The number of anilines is 1. The maximum Gasteiger partial charge on any atom is 0.351 e. The third kappa shape index (κ3) is 10.2. The molecular formula is C27H43F2N3O5. The number of amides is 1. The van der Waals surface area contributed by atoms with Crippen LogP contribution in [0.5, 0.6) is 0 Å². The number of alkyl halides is 2. The molecule has 0 bridgehead atoms. The van der Waals surface area contributed by atoms with Gasteiger partial charge in [0.25, 0.3) is 0 Å². The second kappa shape index (κ2) is 16.6. The lowest BCUT2D eigenvalue weighted by molar-refractivity contribution is -0.141. The Hall–Kier alpha value is -2.17. The van der Waals surface area contributed by atoms with Crippen LogP contribution in [0.2, 0.25) is 0 Å². The van der Waals surface area contributed by atoms with Crippen LogP contribution in [0, 0.1) is 0 Å². The number of unbranched alkanes of at least 4 members (excludes halogenated alkanes) is 11. The van der Waals surface area contributed by atoms with Gasteiger partial charge in [-0.2, -0.15) is 13.8 Å². The van der Waals surface area contributed by atoms with Crippen LogP contribution < -0.4 is 11.0 Å². The number of ether oxygens (including phenoxy) is 1. The number of carbonyl (C=O) groups excluding carboxylic acids is 1. The minimum Gasteiger partial charge on any atom is -0.394 e. The summed E-state index contributed by atoms with van der Waals surface area (Å²) in [6, 6.07) is 1.22. The Kier molecular flexibility index (Phi) is 14.0.